The molecule has 0 bridgehead atoms. The van der Waals surface area contributed by atoms with Crippen LogP contribution in [0.15, 0.2) is 24.3 Å². The summed E-state index contributed by atoms with van der Waals surface area (Å²) in [6.45, 7) is 0.670. The predicted octanol–water partition coefficient (Wildman–Crippen LogP) is 0.767. The first kappa shape index (κ1) is 17.4. The van der Waals surface area contributed by atoms with Crippen LogP contribution in [0.1, 0.15) is 28.8 Å². The smallest absolute Gasteiger partial charge is 0.335 e. The molecule has 1 amide bonds. The van der Waals surface area contributed by atoms with Gasteiger partial charge in [-0.15, -0.1) is 0 Å². The van der Waals surface area contributed by atoms with Crippen LogP contribution in [-0.4, -0.2) is 60.5 Å². The van der Waals surface area contributed by atoms with E-state index in [0.29, 0.717) is 25.9 Å². The van der Waals surface area contributed by atoms with Crippen LogP contribution in [0.3, 0.4) is 0 Å². The molecule has 0 radical (unpaired) electrons. The van der Waals surface area contributed by atoms with Gasteiger partial charge in [0.1, 0.15) is 6.04 Å². The third kappa shape index (κ3) is 4.08. The van der Waals surface area contributed by atoms with Crippen LogP contribution in [0.5, 0.6) is 0 Å². The Bertz CT molecular complexity index is 699. The monoisotopic (exact) mass is 340 g/mol. The van der Waals surface area contributed by atoms with Crippen molar-refractivity contribution in [3.8, 4) is 0 Å². The predicted molar refractivity (Wildman–Crippen MR) is 84.4 cm³/mol. The van der Waals surface area contributed by atoms with Gasteiger partial charge in [0.15, 0.2) is 0 Å². The Morgan fingerprint density at radius 1 is 1.30 bits per heavy atom. The minimum atomic E-state index is -3.40. The zero-order chi connectivity index (χ0) is 17.2. The van der Waals surface area contributed by atoms with Gasteiger partial charge in [-0.2, -0.15) is 4.31 Å². The van der Waals surface area contributed by atoms with Crippen LogP contribution in [0, 0.1) is 0 Å². The van der Waals surface area contributed by atoms with Gasteiger partial charge in [-0.05, 0) is 30.5 Å². The molecule has 8 heteroatoms. The molecule has 1 saturated heterocycles. The van der Waals surface area contributed by atoms with E-state index in [2.05, 4.69) is 0 Å². The highest BCUT2D eigenvalue weighted by Gasteiger charge is 2.37. The number of aromatic carboxylic acids is 1. The number of carboxylic acids is 1. The van der Waals surface area contributed by atoms with E-state index in [4.69, 9.17) is 5.11 Å². The van der Waals surface area contributed by atoms with Crippen molar-refractivity contribution in [2.45, 2.75) is 25.4 Å². The standard InChI is InChI=1S/C15H20N2O5S/c1-16(10-11-5-7-12(8-6-11)15(19)20)14(18)13-4-3-9-17(13)23(2,21)22/h5-8,13H,3-4,9-10H2,1-2H3,(H,19,20)/t13-/m0/s1. The van der Waals surface area contributed by atoms with Gasteiger partial charge in [-0.3, -0.25) is 4.79 Å². The van der Waals surface area contributed by atoms with Gasteiger partial charge in [0.25, 0.3) is 0 Å². The molecule has 0 saturated carbocycles. The number of carbonyl (C=O) groups is 2. The molecule has 1 aromatic carbocycles. The van der Waals surface area contributed by atoms with Gasteiger partial charge in [0, 0.05) is 20.1 Å². The van der Waals surface area contributed by atoms with Crippen LogP contribution in [0.4, 0.5) is 0 Å². The molecule has 2 rings (SSSR count). The third-order valence-electron chi connectivity index (χ3n) is 3.91. The largest absolute Gasteiger partial charge is 0.478 e. The molecule has 1 fully saturated rings. The maximum absolute atomic E-state index is 12.5. The summed E-state index contributed by atoms with van der Waals surface area (Å²) >= 11 is 0. The lowest BCUT2D eigenvalue weighted by atomic mass is 10.1. The normalized spacial score (nSPS) is 18.8. The molecule has 0 aliphatic carbocycles. The number of rotatable bonds is 5. The molecule has 1 aliphatic rings. The number of likely N-dealkylation sites (N-methyl/N-ethyl adjacent to an activating group) is 1. The second kappa shape index (κ2) is 6.67. The number of amides is 1. The van der Waals surface area contributed by atoms with E-state index in [1.807, 2.05) is 0 Å². The molecule has 1 N–H and O–H groups in total. The van der Waals surface area contributed by atoms with Crippen molar-refractivity contribution >= 4 is 21.9 Å². The van der Waals surface area contributed by atoms with E-state index in [1.165, 1.54) is 21.3 Å². The zero-order valence-electron chi connectivity index (χ0n) is 13.1. The SMILES string of the molecule is CN(Cc1ccc(C(=O)O)cc1)C(=O)[C@@H]1CCCN1S(C)(=O)=O. The highest BCUT2D eigenvalue weighted by molar-refractivity contribution is 7.88. The number of carboxylic acid groups (broad SMARTS) is 1. The molecule has 1 atom stereocenters. The fourth-order valence-corrected chi connectivity index (χ4v) is 3.86. The minimum absolute atomic E-state index is 0.182. The summed E-state index contributed by atoms with van der Waals surface area (Å²) in [5.74, 6) is -1.24. The van der Waals surface area contributed by atoms with Crippen LogP contribution < -0.4 is 0 Å². The van der Waals surface area contributed by atoms with E-state index in [-0.39, 0.29) is 11.5 Å². The van der Waals surface area contributed by atoms with Gasteiger partial charge in [0.2, 0.25) is 15.9 Å². The Morgan fingerprint density at radius 3 is 2.43 bits per heavy atom. The Balaban J connectivity index is 2.06. The lowest BCUT2D eigenvalue weighted by Gasteiger charge is -2.26. The van der Waals surface area contributed by atoms with E-state index in [9.17, 15) is 18.0 Å². The summed E-state index contributed by atoms with van der Waals surface area (Å²) in [4.78, 5) is 24.8. The van der Waals surface area contributed by atoms with Crippen LogP contribution in [-0.2, 0) is 21.4 Å². The van der Waals surface area contributed by atoms with Crippen molar-refractivity contribution in [1.82, 2.24) is 9.21 Å². The first-order valence-corrected chi connectivity index (χ1v) is 9.09. The number of nitrogens with zero attached hydrogens (tertiary/aromatic N) is 2. The Kier molecular flexibility index (Phi) is 5.06. The first-order chi connectivity index (χ1) is 10.7. The Hall–Kier alpha value is -1.93. The number of sulfonamides is 1. The highest BCUT2D eigenvalue weighted by atomic mass is 32.2. The average molecular weight is 340 g/mol. The summed E-state index contributed by atoms with van der Waals surface area (Å²) < 4.78 is 24.7. The number of benzene rings is 1. The maximum atomic E-state index is 12.5. The number of carbonyl (C=O) groups excluding carboxylic acids is 1. The van der Waals surface area contributed by atoms with Crippen molar-refractivity contribution in [1.29, 1.82) is 0 Å². The Morgan fingerprint density at radius 2 is 1.91 bits per heavy atom. The van der Waals surface area contributed by atoms with Gasteiger partial charge in [-0.25, -0.2) is 13.2 Å². The molecule has 1 aliphatic heterocycles. The molecule has 1 aromatic rings. The highest BCUT2D eigenvalue weighted by Crippen LogP contribution is 2.22. The summed E-state index contributed by atoms with van der Waals surface area (Å²) in [5.41, 5.74) is 0.969. The van der Waals surface area contributed by atoms with E-state index in [0.717, 1.165) is 11.8 Å². The van der Waals surface area contributed by atoms with Crippen molar-refractivity contribution in [2.24, 2.45) is 0 Å². The fraction of sp³-hybridized carbons (Fsp3) is 0.467. The third-order valence-corrected chi connectivity index (χ3v) is 5.20. The van der Waals surface area contributed by atoms with E-state index < -0.39 is 22.0 Å². The molecule has 0 aromatic heterocycles. The summed E-state index contributed by atoms with van der Waals surface area (Å²) in [6, 6.07) is 5.61. The quantitative estimate of drug-likeness (QED) is 0.854. The summed E-state index contributed by atoms with van der Waals surface area (Å²) in [6.07, 6.45) is 2.31. The Labute approximate surface area is 135 Å². The maximum Gasteiger partial charge on any atom is 0.335 e. The molecule has 126 valence electrons. The van der Waals surface area contributed by atoms with Crippen LogP contribution in [0.2, 0.25) is 0 Å². The molecular weight excluding hydrogens is 320 g/mol. The van der Waals surface area contributed by atoms with Crippen LogP contribution >= 0.6 is 0 Å². The van der Waals surface area contributed by atoms with Gasteiger partial charge in [-0.1, -0.05) is 12.1 Å². The van der Waals surface area contributed by atoms with Crippen molar-refractivity contribution in [3.63, 3.8) is 0 Å². The molecule has 0 spiro atoms. The van der Waals surface area contributed by atoms with E-state index >= 15 is 0 Å². The fourth-order valence-electron chi connectivity index (χ4n) is 2.74. The van der Waals surface area contributed by atoms with Crippen molar-refractivity contribution in [2.75, 3.05) is 19.8 Å². The molecule has 0 unspecified atom stereocenters. The molecule has 7 nitrogen and oxygen atoms in total. The lowest BCUT2D eigenvalue weighted by Crippen LogP contribution is -2.45. The van der Waals surface area contributed by atoms with E-state index in [1.54, 1.807) is 19.2 Å². The van der Waals surface area contributed by atoms with Crippen molar-refractivity contribution < 1.29 is 23.1 Å². The summed E-state index contributed by atoms with van der Waals surface area (Å²) in [7, 11) is -1.78. The van der Waals surface area contributed by atoms with Gasteiger partial charge in [0.05, 0.1) is 11.8 Å². The molecule has 1 heterocycles. The first-order valence-electron chi connectivity index (χ1n) is 7.24. The minimum Gasteiger partial charge on any atom is -0.478 e. The number of hydrogen-bond acceptors (Lipinski definition) is 4. The van der Waals surface area contributed by atoms with Gasteiger partial charge >= 0.3 is 5.97 Å². The molecular formula is C15H20N2O5S. The second-order valence-corrected chi connectivity index (χ2v) is 7.66. The second-order valence-electron chi connectivity index (χ2n) is 5.73. The topological polar surface area (TPSA) is 95.0 Å². The van der Waals surface area contributed by atoms with Gasteiger partial charge < -0.3 is 10.0 Å². The summed E-state index contributed by atoms with van der Waals surface area (Å²) in [5, 5.41) is 8.87. The zero-order valence-corrected chi connectivity index (χ0v) is 13.9. The number of hydrogen-bond donors (Lipinski definition) is 1. The lowest BCUT2D eigenvalue weighted by molar-refractivity contribution is -0.133. The van der Waals surface area contributed by atoms with Crippen LogP contribution in [0.25, 0.3) is 0 Å². The van der Waals surface area contributed by atoms with Crippen molar-refractivity contribution in [3.05, 3.63) is 35.4 Å². The average Bonchev–Trinajstić information content (AvgIpc) is 2.96. The molecule has 23 heavy (non-hydrogen) atoms.